The van der Waals surface area contributed by atoms with Crippen molar-refractivity contribution in [3.05, 3.63) is 52.6 Å². The molecule has 0 saturated carbocycles. The number of aromatic amines is 1. The maximum atomic E-state index is 6.21. The second kappa shape index (κ2) is 5.95. The Labute approximate surface area is 124 Å². The highest BCUT2D eigenvalue weighted by Gasteiger charge is 2.21. The molecule has 0 fully saturated rings. The van der Waals surface area contributed by atoms with Crippen molar-refractivity contribution in [2.75, 3.05) is 13.6 Å². The van der Waals surface area contributed by atoms with Gasteiger partial charge in [0.05, 0.1) is 17.7 Å². The van der Waals surface area contributed by atoms with Gasteiger partial charge in [-0.25, -0.2) is 4.98 Å². The number of benzene rings is 1. The van der Waals surface area contributed by atoms with E-state index in [2.05, 4.69) is 33.3 Å². The van der Waals surface area contributed by atoms with Crippen molar-refractivity contribution in [1.29, 1.82) is 0 Å². The molecule has 1 unspecified atom stereocenters. The number of hydrogen-bond acceptors (Lipinski definition) is 3. The van der Waals surface area contributed by atoms with E-state index in [1.165, 1.54) is 17.0 Å². The molecular formula is C15H19ClN4. The van der Waals surface area contributed by atoms with E-state index in [1.807, 2.05) is 18.2 Å². The molecule has 0 aliphatic carbocycles. The van der Waals surface area contributed by atoms with Crippen molar-refractivity contribution >= 4 is 11.6 Å². The summed E-state index contributed by atoms with van der Waals surface area (Å²) in [6.07, 6.45) is 2.76. The highest BCUT2D eigenvalue weighted by molar-refractivity contribution is 6.31. The number of aromatic nitrogens is 2. The van der Waals surface area contributed by atoms with Gasteiger partial charge in [-0.05, 0) is 18.7 Å². The summed E-state index contributed by atoms with van der Waals surface area (Å²) >= 11 is 6.21. The summed E-state index contributed by atoms with van der Waals surface area (Å²) in [6, 6.07) is 8.47. The van der Waals surface area contributed by atoms with Crippen molar-refractivity contribution in [3.63, 3.8) is 0 Å². The summed E-state index contributed by atoms with van der Waals surface area (Å²) < 4.78 is 0. The Morgan fingerprint density at radius 3 is 3.10 bits per heavy atom. The third kappa shape index (κ3) is 3.03. The number of imidazole rings is 1. The second-order valence-electron chi connectivity index (χ2n) is 5.40. The zero-order valence-corrected chi connectivity index (χ0v) is 12.3. The summed E-state index contributed by atoms with van der Waals surface area (Å²) in [5.74, 6) is 0. The molecule has 0 spiro atoms. The number of H-pyrrole nitrogens is 1. The van der Waals surface area contributed by atoms with E-state index in [9.17, 15) is 0 Å². The molecule has 2 N–H and O–H groups in total. The molecular weight excluding hydrogens is 272 g/mol. The van der Waals surface area contributed by atoms with Crippen LogP contribution in [0.4, 0.5) is 0 Å². The first kappa shape index (κ1) is 13.6. The molecule has 4 nitrogen and oxygen atoms in total. The van der Waals surface area contributed by atoms with Crippen molar-refractivity contribution in [1.82, 2.24) is 20.2 Å². The van der Waals surface area contributed by atoms with Crippen LogP contribution in [0.25, 0.3) is 0 Å². The quantitative estimate of drug-likeness (QED) is 0.907. The Kier molecular flexibility index (Phi) is 4.05. The predicted molar refractivity (Wildman–Crippen MR) is 80.7 cm³/mol. The number of rotatable bonds is 4. The Balaban J connectivity index is 1.58. The first-order valence-electron chi connectivity index (χ1n) is 6.89. The summed E-state index contributed by atoms with van der Waals surface area (Å²) in [6.45, 7) is 2.72. The van der Waals surface area contributed by atoms with E-state index in [4.69, 9.17) is 11.6 Å². The first-order chi connectivity index (χ1) is 9.72. The monoisotopic (exact) mass is 290 g/mol. The van der Waals surface area contributed by atoms with Crippen LogP contribution in [-0.4, -0.2) is 34.5 Å². The summed E-state index contributed by atoms with van der Waals surface area (Å²) in [5, 5.41) is 4.39. The van der Waals surface area contributed by atoms with Gasteiger partial charge < -0.3 is 15.2 Å². The number of nitrogens with zero attached hydrogens (tertiary/aromatic N) is 2. The first-order valence-corrected chi connectivity index (χ1v) is 7.26. The number of halogens is 1. The highest BCUT2D eigenvalue weighted by Crippen LogP contribution is 2.17. The predicted octanol–water partition coefficient (Wildman–Crippen LogP) is 2.21. The maximum Gasteiger partial charge on any atom is 0.0925 e. The zero-order chi connectivity index (χ0) is 13.9. The van der Waals surface area contributed by atoms with Crippen LogP contribution < -0.4 is 5.32 Å². The Morgan fingerprint density at radius 2 is 2.25 bits per heavy atom. The van der Waals surface area contributed by atoms with E-state index < -0.39 is 0 Å². The van der Waals surface area contributed by atoms with Gasteiger partial charge >= 0.3 is 0 Å². The van der Waals surface area contributed by atoms with Gasteiger partial charge in [0, 0.05) is 37.1 Å². The van der Waals surface area contributed by atoms with Gasteiger partial charge in [0.15, 0.2) is 0 Å². The summed E-state index contributed by atoms with van der Waals surface area (Å²) in [5.41, 5.74) is 3.59. The SMILES string of the molecule is CN(Cc1ccccc1Cl)CC1Cc2nc[nH]c2CN1. The van der Waals surface area contributed by atoms with E-state index in [0.29, 0.717) is 6.04 Å². The Hall–Kier alpha value is -1.36. The van der Waals surface area contributed by atoms with Crippen LogP contribution in [0.2, 0.25) is 5.02 Å². The molecule has 1 atom stereocenters. The van der Waals surface area contributed by atoms with Crippen LogP contribution in [0.3, 0.4) is 0 Å². The third-order valence-electron chi connectivity index (χ3n) is 3.74. The Bertz CT molecular complexity index is 581. The zero-order valence-electron chi connectivity index (χ0n) is 11.6. The second-order valence-corrected chi connectivity index (χ2v) is 5.81. The number of fused-ring (bicyclic) bond motifs is 1. The van der Waals surface area contributed by atoms with E-state index in [1.54, 1.807) is 6.33 Å². The largest absolute Gasteiger partial charge is 0.347 e. The van der Waals surface area contributed by atoms with Crippen LogP contribution in [0.1, 0.15) is 17.0 Å². The summed E-state index contributed by atoms with van der Waals surface area (Å²) in [4.78, 5) is 9.85. The molecule has 106 valence electrons. The molecule has 5 heteroatoms. The van der Waals surface area contributed by atoms with Crippen LogP contribution in [0, 0.1) is 0 Å². The van der Waals surface area contributed by atoms with Gasteiger partial charge in [-0.2, -0.15) is 0 Å². The number of hydrogen-bond donors (Lipinski definition) is 2. The molecule has 1 aliphatic heterocycles. The van der Waals surface area contributed by atoms with Gasteiger partial charge in [0.25, 0.3) is 0 Å². The topological polar surface area (TPSA) is 44.0 Å². The van der Waals surface area contributed by atoms with Crippen LogP contribution in [0.15, 0.2) is 30.6 Å². The smallest absolute Gasteiger partial charge is 0.0925 e. The van der Waals surface area contributed by atoms with Crippen molar-refractivity contribution in [2.45, 2.75) is 25.6 Å². The standard InChI is InChI=1S/C15H19ClN4/c1-20(8-11-4-2-3-5-13(11)16)9-12-6-14-15(7-17-12)19-10-18-14/h2-5,10,12,17H,6-9H2,1H3,(H,18,19). The molecule has 0 radical (unpaired) electrons. The fourth-order valence-corrected chi connectivity index (χ4v) is 2.91. The van der Waals surface area contributed by atoms with E-state index >= 15 is 0 Å². The molecule has 0 bridgehead atoms. The molecule has 3 rings (SSSR count). The minimum absolute atomic E-state index is 0.443. The molecule has 0 saturated heterocycles. The summed E-state index contributed by atoms with van der Waals surface area (Å²) in [7, 11) is 2.13. The average Bonchev–Trinajstić information content (AvgIpc) is 2.89. The van der Waals surface area contributed by atoms with Gasteiger partial charge in [-0.3, -0.25) is 0 Å². The molecule has 1 aliphatic rings. The lowest BCUT2D eigenvalue weighted by Gasteiger charge is -2.28. The minimum atomic E-state index is 0.443. The van der Waals surface area contributed by atoms with E-state index in [-0.39, 0.29) is 0 Å². The normalized spacial score (nSPS) is 18.2. The lowest BCUT2D eigenvalue weighted by atomic mass is 10.0. The van der Waals surface area contributed by atoms with Gasteiger partial charge in [-0.15, -0.1) is 0 Å². The minimum Gasteiger partial charge on any atom is -0.347 e. The van der Waals surface area contributed by atoms with Gasteiger partial charge in [0.1, 0.15) is 0 Å². The van der Waals surface area contributed by atoms with Crippen LogP contribution in [-0.2, 0) is 19.5 Å². The number of likely N-dealkylation sites (N-methyl/N-ethyl adjacent to an activating group) is 1. The average molecular weight is 291 g/mol. The molecule has 2 heterocycles. The molecule has 0 amide bonds. The molecule has 2 aromatic rings. The highest BCUT2D eigenvalue weighted by atomic mass is 35.5. The lowest BCUT2D eigenvalue weighted by molar-refractivity contribution is 0.272. The Morgan fingerprint density at radius 1 is 1.40 bits per heavy atom. The molecule has 20 heavy (non-hydrogen) atoms. The van der Waals surface area contributed by atoms with Crippen molar-refractivity contribution in [3.8, 4) is 0 Å². The van der Waals surface area contributed by atoms with Crippen molar-refractivity contribution < 1.29 is 0 Å². The fraction of sp³-hybridized carbons (Fsp3) is 0.400. The lowest BCUT2D eigenvalue weighted by Crippen LogP contribution is -2.43. The van der Waals surface area contributed by atoms with Gasteiger partial charge in [-0.1, -0.05) is 29.8 Å². The third-order valence-corrected chi connectivity index (χ3v) is 4.11. The molecule has 1 aromatic heterocycles. The maximum absolute atomic E-state index is 6.21. The van der Waals surface area contributed by atoms with E-state index in [0.717, 1.165) is 31.1 Å². The fourth-order valence-electron chi connectivity index (χ4n) is 2.72. The van der Waals surface area contributed by atoms with Crippen molar-refractivity contribution in [2.24, 2.45) is 0 Å². The van der Waals surface area contributed by atoms with Crippen LogP contribution >= 0.6 is 11.6 Å². The number of nitrogens with one attached hydrogen (secondary N) is 2. The van der Waals surface area contributed by atoms with Gasteiger partial charge in [0.2, 0.25) is 0 Å². The van der Waals surface area contributed by atoms with Crippen LogP contribution in [0.5, 0.6) is 0 Å². The molecule has 1 aromatic carbocycles.